The fourth-order valence-electron chi connectivity index (χ4n) is 4.06. The molecule has 1 atom stereocenters. The number of ether oxygens (including phenoxy) is 2. The molecule has 0 radical (unpaired) electrons. The summed E-state index contributed by atoms with van der Waals surface area (Å²) < 4.78 is 16.5. The largest absolute Gasteiger partial charge is 0.494 e. The van der Waals surface area contributed by atoms with Crippen LogP contribution in [0.2, 0.25) is 0 Å². The first kappa shape index (κ1) is 24.8. The van der Waals surface area contributed by atoms with E-state index in [9.17, 15) is 4.79 Å². The number of amides is 2. The lowest BCUT2D eigenvalue weighted by molar-refractivity contribution is 0.174. The van der Waals surface area contributed by atoms with Crippen LogP contribution in [0.3, 0.4) is 0 Å². The number of rotatable bonds is 10. The molecule has 8 nitrogen and oxygen atoms in total. The second-order valence-electron chi connectivity index (χ2n) is 8.03. The Labute approximate surface area is 209 Å². The molecule has 1 aliphatic heterocycles. The number of hydrogen-bond donors (Lipinski definition) is 1. The van der Waals surface area contributed by atoms with Crippen LogP contribution in [0.1, 0.15) is 37.8 Å². The normalized spacial score (nSPS) is 15.9. The van der Waals surface area contributed by atoms with Crippen LogP contribution in [0.4, 0.5) is 4.79 Å². The third kappa shape index (κ3) is 5.52. The molecule has 0 saturated heterocycles. The van der Waals surface area contributed by atoms with Crippen molar-refractivity contribution in [2.24, 2.45) is 0 Å². The number of carbonyl (C=O) groups excluding carboxylic acids is 1. The van der Waals surface area contributed by atoms with Gasteiger partial charge in [-0.1, -0.05) is 17.3 Å². The zero-order valence-corrected chi connectivity index (χ0v) is 21.2. The summed E-state index contributed by atoms with van der Waals surface area (Å²) in [5.41, 5.74) is 3.31. The minimum Gasteiger partial charge on any atom is -0.494 e. The maximum Gasteiger partial charge on any atom is 0.322 e. The van der Waals surface area contributed by atoms with E-state index in [1.54, 1.807) is 23.8 Å². The predicted octanol–water partition coefficient (Wildman–Crippen LogP) is 5.39. The minimum absolute atomic E-state index is 0.173. The number of urea groups is 1. The summed E-state index contributed by atoms with van der Waals surface area (Å²) in [5, 5.41) is 7.36. The number of nitrogens with zero attached hydrogens (tertiary/aromatic N) is 3. The molecule has 0 spiro atoms. The standard InChI is InChI=1S/C26H30N4O4S/c1-5-33-20-11-7-18(8-12-20)23-22(17(2)30(26(31)27-23)15-6-16-32-3)25-28-24(29-34-25)19-9-13-21(35-4)14-10-19/h7-14,23H,5-6,15-16H2,1-4H3,(H,27,31). The van der Waals surface area contributed by atoms with Crippen molar-refractivity contribution in [3.8, 4) is 17.1 Å². The molecule has 1 N–H and O–H groups in total. The zero-order valence-electron chi connectivity index (χ0n) is 20.4. The van der Waals surface area contributed by atoms with Crippen LogP contribution in [0.25, 0.3) is 17.0 Å². The number of thioether (sulfide) groups is 1. The van der Waals surface area contributed by atoms with Gasteiger partial charge in [0.05, 0.1) is 18.2 Å². The Hall–Kier alpha value is -3.30. The molecule has 9 heteroatoms. The van der Waals surface area contributed by atoms with Crippen molar-refractivity contribution >= 4 is 23.4 Å². The van der Waals surface area contributed by atoms with Gasteiger partial charge in [0, 0.05) is 36.4 Å². The number of nitrogens with one attached hydrogen (secondary N) is 1. The van der Waals surface area contributed by atoms with Crippen LogP contribution in [-0.4, -0.2) is 54.2 Å². The Kier molecular flexibility index (Phi) is 8.09. The molecule has 4 rings (SSSR count). The lowest BCUT2D eigenvalue weighted by atomic mass is 9.94. The molecule has 0 bridgehead atoms. The van der Waals surface area contributed by atoms with E-state index in [2.05, 4.69) is 10.5 Å². The Morgan fingerprint density at radius 3 is 2.54 bits per heavy atom. The lowest BCUT2D eigenvalue weighted by Crippen LogP contribution is -2.46. The van der Waals surface area contributed by atoms with Crippen LogP contribution in [0.15, 0.2) is 63.6 Å². The predicted molar refractivity (Wildman–Crippen MR) is 136 cm³/mol. The van der Waals surface area contributed by atoms with Crippen molar-refractivity contribution in [2.75, 3.05) is 33.1 Å². The Bertz CT molecular complexity index is 1170. The molecule has 0 aliphatic carbocycles. The molecule has 3 aromatic rings. The van der Waals surface area contributed by atoms with E-state index in [0.29, 0.717) is 37.9 Å². The highest BCUT2D eigenvalue weighted by Gasteiger charge is 2.35. The molecule has 1 aliphatic rings. The smallest absolute Gasteiger partial charge is 0.322 e. The number of hydrogen-bond acceptors (Lipinski definition) is 7. The van der Waals surface area contributed by atoms with Crippen molar-refractivity contribution in [3.63, 3.8) is 0 Å². The van der Waals surface area contributed by atoms with Crippen LogP contribution in [-0.2, 0) is 4.74 Å². The van der Waals surface area contributed by atoms with E-state index in [1.807, 2.05) is 68.6 Å². The monoisotopic (exact) mass is 494 g/mol. The van der Waals surface area contributed by atoms with Crippen LogP contribution in [0, 0.1) is 0 Å². The summed E-state index contributed by atoms with van der Waals surface area (Å²) in [6, 6.07) is 15.1. The SMILES string of the molecule is CCOc1ccc(C2NC(=O)N(CCCOC)C(C)=C2c2nc(-c3ccc(SC)cc3)no2)cc1. The van der Waals surface area contributed by atoms with Crippen molar-refractivity contribution in [1.29, 1.82) is 0 Å². The molecule has 2 amide bonds. The average molecular weight is 495 g/mol. The second kappa shape index (κ2) is 11.4. The van der Waals surface area contributed by atoms with E-state index in [0.717, 1.165) is 33.0 Å². The summed E-state index contributed by atoms with van der Waals surface area (Å²) in [7, 11) is 1.65. The van der Waals surface area contributed by atoms with E-state index in [4.69, 9.17) is 19.0 Å². The van der Waals surface area contributed by atoms with E-state index >= 15 is 0 Å². The van der Waals surface area contributed by atoms with Gasteiger partial charge >= 0.3 is 6.03 Å². The van der Waals surface area contributed by atoms with Crippen LogP contribution >= 0.6 is 11.8 Å². The molecule has 184 valence electrons. The highest BCUT2D eigenvalue weighted by atomic mass is 32.2. The van der Waals surface area contributed by atoms with Gasteiger partial charge in [0.2, 0.25) is 5.82 Å². The topological polar surface area (TPSA) is 89.7 Å². The van der Waals surface area contributed by atoms with Gasteiger partial charge in [-0.05, 0) is 68.5 Å². The summed E-state index contributed by atoms with van der Waals surface area (Å²) in [5.74, 6) is 1.65. The average Bonchev–Trinajstić information content (AvgIpc) is 3.36. The van der Waals surface area contributed by atoms with Gasteiger partial charge in [-0.15, -0.1) is 11.8 Å². The van der Waals surface area contributed by atoms with E-state index < -0.39 is 6.04 Å². The first-order chi connectivity index (χ1) is 17.0. The van der Waals surface area contributed by atoms with Crippen molar-refractivity contribution in [2.45, 2.75) is 31.2 Å². The molecule has 0 fully saturated rings. The van der Waals surface area contributed by atoms with E-state index in [1.165, 1.54) is 0 Å². The summed E-state index contributed by atoms with van der Waals surface area (Å²) in [6.07, 6.45) is 2.74. The third-order valence-electron chi connectivity index (χ3n) is 5.86. The number of allylic oxidation sites excluding steroid dienone is 1. The molecule has 1 aromatic heterocycles. The van der Waals surface area contributed by atoms with Gasteiger partial charge in [-0.25, -0.2) is 4.79 Å². The molecule has 35 heavy (non-hydrogen) atoms. The fraction of sp³-hybridized carbons (Fsp3) is 0.346. The first-order valence-electron chi connectivity index (χ1n) is 11.5. The van der Waals surface area contributed by atoms with Gasteiger partial charge in [-0.2, -0.15) is 4.98 Å². The Morgan fingerprint density at radius 1 is 1.14 bits per heavy atom. The quantitative estimate of drug-likeness (QED) is 0.298. The van der Waals surface area contributed by atoms with Crippen LogP contribution in [0.5, 0.6) is 5.75 Å². The summed E-state index contributed by atoms with van der Waals surface area (Å²) >= 11 is 1.68. The second-order valence-corrected chi connectivity index (χ2v) is 8.91. The van der Waals surface area contributed by atoms with Gasteiger partial charge in [-0.3, -0.25) is 4.90 Å². The highest BCUT2D eigenvalue weighted by Crippen LogP contribution is 2.38. The Morgan fingerprint density at radius 2 is 1.89 bits per heavy atom. The number of carbonyl (C=O) groups is 1. The number of methoxy groups -OCH3 is 1. The summed E-state index contributed by atoms with van der Waals surface area (Å²) in [4.78, 5) is 20.6. The van der Waals surface area contributed by atoms with Crippen molar-refractivity contribution in [3.05, 3.63) is 65.7 Å². The van der Waals surface area contributed by atoms with Crippen LogP contribution < -0.4 is 10.1 Å². The zero-order chi connectivity index (χ0) is 24.8. The molecule has 2 aromatic carbocycles. The number of benzene rings is 2. The van der Waals surface area contributed by atoms with Crippen molar-refractivity contribution < 1.29 is 18.8 Å². The molecule has 0 saturated carbocycles. The molecular weight excluding hydrogens is 464 g/mol. The Balaban J connectivity index is 1.72. The first-order valence-corrected chi connectivity index (χ1v) is 12.8. The maximum atomic E-state index is 13.1. The van der Waals surface area contributed by atoms with E-state index in [-0.39, 0.29) is 6.03 Å². The molecular formula is C26H30N4O4S. The highest BCUT2D eigenvalue weighted by molar-refractivity contribution is 7.98. The summed E-state index contributed by atoms with van der Waals surface area (Å²) in [6.45, 7) is 5.52. The maximum absolute atomic E-state index is 13.1. The minimum atomic E-state index is -0.441. The molecule has 2 heterocycles. The lowest BCUT2D eigenvalue weighted by Gasteiger charge is -2.35. The van der Waals surface area contributed by atoms with Crippen molar-refractivity contribution in [1.82, 2.24) is 20.4 Å². The van der Waals surface area contributed by atoms with Gasteiger partial charge in [0.15, 0.2) is 0 Å². The third-order valence-corrected chi connectivity index (χ3v) is 6.60. The number of aromatic nitrogens is 2. The van der Waals surface area contributed by atoms with Gasteiger partial charge in [0.25, 0.3) is 5.89 Å². The van der Waals surface area contributed by atoms with Gasteiger partial charge < -0.3 is 19.3 Å². The fourth-order valence-corrected chi connectivity index (χ4v) is 4.47. The molecule has 1 unspecified atom stereocenters. The van der Waals surface area contributed by atoms with Gasteiger partial charge in [0.1, 0.15) is 5.75 Å².